The number of nitrogens with zero attached hydrogens (tertiary/aromatic N) is 1. The van der Waals surface area contributed by atoms with Crippen LogP contribution >= 0.6 is 22.9 Å². The van der Waals surface area contributed by atoms with Crippen molar-refractivity contribution >= 4 is 50.4 Å². The highest BCUT2D eigenvalue weighted by Crippen LogP contribution is 2.24. The lowest BCUT2D eigenvalue weighted by Gasteiger charge is -2.23. The molecule has 9 heteroatoms. The largest absolute Gasteiger partial charge is 0.454 e. The second kappa shape index (κ2) is 9.42. The Hall–Kier alpha value is -2.68. The van der Waals surface area contributed by atoms with E-state index in [9.17, 15) is 18.0 Å². The Morgan fingerprint density at radius 2 is 1.77 bits per heavy atom. The van der Waals surface area contributed by atoms with Crippen molar-refractivity contribution in [1.82, 2.24) is 0 Å². The Kier molecular flexibility index (Phi) is 6.91. The number of anilines is 1. The minimum atomic E-state index is -3.89. The molecule has 6 nitrogen and oxygen atoms in total. The molecule has 0 bridgehead atoms. The third-order valence-electron chi connectivity index (χ3n) is 4.17. The molecule has 30 heavy (non-hydrogen) atoms. The van der Waals surface area contributed by atoms with E-state index in [4.69, 9.17) is 16.3 Å². The van der Waals surface area contributed by atoms with Gasteiger partial charge in [-0.1, -0.05) is 35.9 Å². The van der Waals surface area contributed by atoms with Gasteiger partial charge in [0.05, 0.1) is 25.4 Å². The molecule has 0 radical (unpaired) electrons. The van der Waals surface area contributed by atoms with Crippen molar-refractivity contribution in [2.24, 2.45) is 0 Å². The Balaban J connectivity index is 1.77. The smallest absolute Gasteiger partial charge is 0.338 e. The van der Waals surface area contributed by atoms with Gasteiger partial charge in [-0.05, 0) is 49.4 Å². The molecule has 0 aliphatic carbocycles. The third kappa shape index (κ3) is 4.89. The van der Waals surface area contributed by atoms with Gasteiger partial charge in [0.1, 0.15) is 0 Å². The number of hydrogen-bond donors (Lipinski definition) is 0. The predicted octanol–water partition coefficient (Wildman–Crippen LogP) is 4.66. The normalized spacial score (nSPS) is 11.1. The highest BCUT2D eigenvalue weighted by molar-refractivity contribution is 7.92. The van der Waals surface area contributed by atoms with Gasteiger partial charge in [-0.25, -0.2) is 13.2 Å². The zero-order chi connectivity index (χ0) is 21.7. The summed E-state index contributed by atoms with van der Waals surface area (Å²) in [4.78, 5) is 24.8. The van der Waals surface area contributed by atoms with Crippen molar-refractivity contribution in [3.05, 3.63) is 81.5 Å². The lowest BCUT2D eigenvalue weighted by atomic mass is 10.2. The number of para-hydroxylation sites is 1. The van der Waals surface area contributed by atoms with Gasteiger partial charge in [0.2, 0.25) is 5.78 Å². The number of ketones is 1. The van der Waals surface area contributed by atoms with E-state index in [1.165, 1.54) is 28.6 Å². The van der Waals surface area contributed by atoms with E-state index < -0.39 is 22.6 Å². The number of esters is 1. The average molecular weight is 464 g/mol. The fraction of sp³-hybridized carbons (Fsp3) is 0.143. The first-order valence-electron chi connectivity index (χ1n) is 8.96. The van der Waals surface area contributed by atoms with E-state index in [1.807, 2.05) is 0 Å². The second-order valence-electron chi connectivity index (χ2n) is 6.14. The summed E-state index contributed by atoms with van der Waals surface area (Å²) in [6.45, 7) is 1.49. The molecule has 1 aromatic heterocycles. The highest BCUT2D eigenvalue weighted by Gasteiger charge is 2.25. The molecule has 156 valence electrons. The lowest BCUT2D eigenvalue weighted by molar-refractivity contribution is 0.0475. The van der Waals surface area contributed by atoms with Crippen LogP contribution in [-0.2, 0) is 14.8 Å². The van der Waals surface area contributed by atoms with Crippen LogP contribution in [-0.4, -0.2) is 33.3 Å². The number of rotatable bonds is 8. The van der Waals surface area contributed by atoms with Gasteiger partial charge in [0, 0.05) is 6.54 Å². The molecule has 0 spiro atoms. The molecule has 0 amide bonds. The second-order valence-corrected chi connectivity index (χ2v) is 9.71. The first-order chi connectivity index (χ1) is 14.3. The van der Waals surface area contributed by atoms with Crippen LogP contribution in [0.5, 0.6) is 0 Å². The van der Waals surface area contributed by atoms with Gasteiger partial charge in [0.25, 0.3) is 10.0 Å². The standard InChI is InChI=1S/C21H18ClNO5S2/c1-2-23(16-8-4-3-5-9-16)30(26,27)17-10-6-7-15(13-17)21(25)28-14-18(24)19-11-12-20(22)29-19/h3-13H,2,14H2,1H3. The van der Waals surface area contributed by atoms with E-state index in [1.54, 1.807) is 49.4 Å². The molecular weight excluding hydrogens is 446 g/mol. The summed E-state index contributed by atoms with van der Waals surface area (Å²) < 4.78 is 33.0. The molecule has 2 aromatic carbocycles. The van der Waals surface area contributed by atoms with Crippen LogP contribution in [0.4, 0.5) is 5.69 Å². The number of hydrogen-bond acceptors (Lipinski definition) is 6. The summed E-state index contributed by atoms with van der Waals surface area (Å²) in [5.74, 6) is -1.17. The molecule has 0 aliphatic rings. The molecule has 0 aliphatic heterocycles. The predicted molar refractivity (Wildman–Crippen MR) is 117 cm³/mol. The number of thiophene rings is 1. The first kappa shape index (κ1) is 22.0. The highest BCUT2D eigenvalue weighted by atomic mass is 35.5. The van der Waals surface area contributed by atoms with Crippen LogP contribution in [0.3, 0.4) is 0 Å². The van der Waals surface area contributed by atoms with Gasteiger partial charge >= 0.3 is 5.97 Å². The molecule has 0 N–H and O–H groups in total. The van der Waals surface area contributed by atoms with Crippen molar-refractivity contribution < 1.29 is 22.7 Å². The molecule has 0 fully saturated rings. The summed E-state index contributed by atoms with van der Waals surface area (Å²) in [7, 11) is -3.89. The van der Waals surface area contributed by atoms with Gasteiger partial charge in [-0.3, -0.25) is 9.10 Å². The van der Waals surface area contributed by atoms with Crippen LogP contribution in [0.25, 0.3) is 0 Å². The number of ether oxygens (including phenoxy) is 1. The van der Waals surface area contributed by atoms with Crippen molar-refractivity contribution in [2.45, 2.75) is 11.8 Å². The van der Waals surface area contributed by atoms with Gasteiger partial charge in [-0.15, -0.1) is 11.3 Å². The summed E-state index contributed by atoms with van der Waals surface area (Å²) in [5, 5.41) is 0. The minimum Gasteiger partial charge on any atom is -0.454 e. The van der Waals surface area contributed by atoms with Gasteiger partial charge in [0.15, 0.2) is 6.61 Å². The minimum absolute atomic E-state index is 0.0391. The van der Waals surface area contributed by atoms with Crippen LogP contribution in [0, 0.1) is 0 Å². The van der Waals surface area contributed by atoms with Crippen LogP contribution in [0.2, 0.25) is 4.34 Å². The molecule has 3 rings (SSSR count). The Morgan fingerprint density at radius 1 is 1.03 bits per heavy atom. The number of sulfonamides is 1. The van der Waals surface area contributed by atoms with E-state index in [0.717, 1.165) is 11.3 Å². The molecule has 1 heterocycles. The fourth-order valence-corrected chi connectivity index (χ4v) is 5.23. The number of carbonyl (C=O) groups excluding carboxylic acids is 2. The number of Topliss-reactive ketones (excluding diaryl/α,β-unsaturated/α-hetero) is 1. The Labute approximate surface area is 183 Å². The van der Waals surface area contributed by atoms with Crippen LogP contribution in [0.1, 0.15) is 27.0 Å². The van der Waals surface area contributed by atoms with E-state index in [2.05, 4.69) is 0 Å². The Morgan fingerprint density at radius 3 is 2.40 bits per heavy atom. The SMILES string of the molecule is CCN(c1ccccc1)S(=O)(=O)c1cccc(C(=O)OCC(=O)c2ccc(Cl)s2)c1. The number of benzene rings is 2. The fourth-order valence-electron chi connectivity index (χ4n) is 2.75. The summed E-state index contributed by atoms with van der Waals surface area (Å²) in [5.41, 5.74) is 0.561. The van der Waals surface area contributed by atoms with Crippen molar-refractivity contribution in [1.29, 1.82) is 0 Å². The van der Waals surface area contributed by atoms with E-state index >= 15 is 0 Å². The topological polar surface area (TPSA) is 80.8 Å². The molecule has 0 atom stereocenters. The van der Waals surface area contributed by atoms with Crippen molar-refractivity contribution in [3.8, 4) is 0 Å². The number of halogens is 1. The average Bonchev–Trinajstić information content (AvgIpc) is 3.19. The molecule has 0 saturated carbocycles. The van der Waals surface area contributed by atoms with E-state index in [0.29, 0.717) is 14.9 Å². The Bertz CT molecular complexity index is 1160. The van der Waals surface area contributed by atoms with Crippen molar-refractivity contribution in [3.63, 3.8) is 0 Å². The zero-order valence-electron chi connectivity index (χ0n) is 15.9. The lowest BCUT2D eigenvalue weighted by Crippen LogP contribution is -2.30. The summed E-state index contributed by atoms with van der Waals surface area (Å²) in [6.07, 6.45) is 0. The monoisotopic (exact) mass is 463 g/mol. The number of carbonyl (C=O) groups is 2. The van der Waals surface area contributed by atoms with Gasteiger partial charge < -0.3 is 4.74 Å². The van der Waals surface area contributed by atoms with Crippen LogP contribution < -0.4 is 4.31 Å². The third-order valence-corrected chi connectivity index (χ3v) is 7.34. The van der Waals surface area contributed by atoms with Crippen LogP contribution in [0.15, 0.2) is 71.6 Å². The molecule has 0 unspecified atom stereocenters. The maximum atomic E-state index is 13.1. The molecular formula is C21H18ClNO5S2. The van der Waals surface area contributed by atoms with E-state index in [-0.39, 0.29) is 22.8 Å². The quantitative estimate of drug-likeness (QED) is 0.358. The molecule has 3 aromatic rings. The summed E-state index contributed by atoms with van der Waals surface area (Å²) in [6, 6.07) is 17.4. The van der Waals surface area contributed by atoms with Crippen molar-refractivity contribution in [2.75, 3.05) is 17.5 Å². The summed E-state index contributed by atoms with van der Waals surface area (Å²) >= 11 is 6.90. The zero-order valence-corrected chi connectivity index (χ0v) is 18.3. The maximum absolute atomic E-state index is 13.1. The first-order valence-corrected chi connectivity index (χ1v) is 11.6. The molecule has 0 saturated heterocycles. The maximum Gasteiger partial charge on any atom is 0.338 e. The van der Waals surface area contributed by atoms with Gasteiger partial charge in [-0.2, -0.15) is 0 Å².